The molecule has 0 aliphatic carbocycles. The van der Waals surface area contributed by atoms with E-state index < -0.39 is 0 Å². The zero-order valence-corrected chi connectivity index (χ0v) is 15.7. The molecule has 27 heavy (non-hydrogen) atoms. The lowest BCUT2D eigenvalue weighted by Crippen LogP contribution is -2.29. The van der Waals surface area contributed by atoms with Crippen molar-refractivity contribution in [2.45, 2.75) is 13.5 Å². The standard InChI is InChI=1S/C21H25N3O3/c1-4-13-27-20-11-5-17(6-12-20)14-24(3)15-21(26)23-19-9-7-18(8-10-19)22-16(2)25/h4-12H,1,13-15H2,2-3H3,(H,22,25)(H,23,26). The fourth-order valence-electron chi connectivity index (χ4n) is 2.50. The molecule has 0 bridgehead atoms. The highest BCUT2D eigenvalue weighted by Gasteiger charge is 2.08. The zero-order valence-electron chi connectivity index (χ0n) is 15.7. The molecule has 2 aromatic carbocycles. The molecule has 0 spiro atoms. The van der Waals surface area contributed by atoms with Gasteiger partial charge in [-0.05, 0) is 49.0 Å². The fraction of sp³-hybridized carbons (Fsp3) is 0.238. The van der Waals surface area contributed by atoms with E-state index in [-0.39, 0.29) is 18.4 Å². The molecule has 0 unspecified atom stereocenters. The predicted octanol–water partition coefficient (Wildman–Crippen LogP) is 3.28. The number of nitrogens with one attached hydrogen (secondary N) is 2. The van der Waals surface area contributed by atoms with Gasteiger partial charge in [0.05, 0.1) is 6.54 Å². The summed E-state index contributed by atoms with van der Waals surface area (Å²) in [7, 11) is 1.89. The lowest BCUT2D eigenvalue weighted by Gasteiger charge is -2.17. The van der Waals surface area contributed by atoms with Crippen LogP contribution in [0.5, 0.6) is 5.75 Å². The minimum atomic E-state index is -0.131. The first kappa shape index (κ1) is 20.2. The van der Waals surface area contributed by atoms with Crippen molar-refractivity contribution in [1.29, 1.82) is 0 Å². The third kappa shape index (κ3) is 7.33. The first-order valence-electron chi connectivity index (χ1n) is 8.65. The normalized spacial score (nSPS) is 10.3. The molecule has 0 aliphatic heterocycles. The van der Waals surface area contributed by atoms with Crippen molar-refractivity contribution in [3.05, 3.63) is 66.7 Å². The number of carbonyl (C=O) groups excluding carboxylic acids is 2. The molecular weight excluding hydrogens is 342 g/mol. The summed E-state index contributed by atoms with van der Waals surface area (Å²) >= 11 is 0. The Morgan fingerprint density at radius 1 is 1.04 bits per heavy atom. The third-order valence-electron chi connectivity index (χ3n) is 3.65. The molecule has 0 fully saturated rings. The molecule has 0 atom stereocenters. The van der Waals surface area contributed by atoms with E-state index in [1.165, 1.54) is 6.92 Å². The summed E-state index contributed by atoms with van der Waals surface area (Å²) in [6.07, 6.45) is 1.70. The summed E-state index contributed by atoms with van der Waals surface area (Å²) in [4.78, 5) is 25.1. The van der Waals surface area contributed by atoms with E-state index in [4.69, 9.17) is 4.74 Å². The highest BCUT2D eigenvalue weighted by Crippen LogP contribution is 2.15. The third-order valence-corrected chi connectivity index (χ3v) is 3.65. The van der Waals surface area contributed by atoms with Crippen molar-refractivity contribution < 1.29 is 14.3 Å². The lowest BCUT2D eigenvalue weighted by molar-refractivity contribution is -0.117. The van der Waals surface area contributed by atoms with Crippen LogP contribution < -0.4 is 15.4 Å². The molecular formula is C21H25N3O3. The van der Waals surface area contributed by atoms with Gasteiger partial charge in [0, 0.05) is 24.8 Å². The van der Waals surface area contributed by atoms with Gasteiger partial charge in [-0.3, -0.25) is 14.5 Å². The van der Waals surface area contributed by atoms with E-state index in [2.05, 4.69) is 17.2 Å². The van der Waals surface area contributed by atoms with E-state index in [1.54, 1.807) is 30.3 Å². The maximum atomic E-state index is 12.2. The van der Waals surface area contributed by atoms with Gasteiger partial charge in [0.1, 0.15) is 12.4 Å². The predicted molar refractivity (Wildman–Crippen MR) is 108 cm³/mol. The van der Waals surface area contributed by atoms with Gasteiger partial charge in [-0.15, -0.1) is 0 Å². The Hall–Kier alpha value is -3.12. The molecule has 2 amide bonds. The number of amides is 2. The van der Waals surface area contributed by atoms with Crippen LogP contribution in [-0.2, 0) is 16.1 Å². The molecule has 0 heterocycles. The molecule has 6 nitrogen and oxygen atoms in total. The van der Waals surface area contributed by atoms with Gasteiger partial charge in [0.2, 0.25) is 11.8 Å². The molecule has 6 heteroatoms. The minimum absolute atomic E-state index is 0.101. The summed E-state index contributed by atoms with van der Waals surface area (Å²) in [5, 5.41) is 5.54. The number of hydrogen-bond donors (Lipinski definition) is 2. The van der Waals surface area contributed by atoms with Crippen LogP contribution >= 0.6 is 0 Å². The van der Waals surface area contributed by atoms with Crippen LogP contribution in [0.25, 0.3) is 0 Å². The van der Waals surface area contributed by atoms with Crippen LogP contribution in [0.15, 0.2) is 61.2 Å². The molecule has 0 saturated carbocycles. The number of benzene rings is 2. The molecule has 142 valence electrons. The van der Waals surface area contributed by atoms with Crippen molar-refractivity contribution in [1.82, 2.24) is 4.90 Å². The van der Waals surface area contributed by atoms with Crippen LogP contribution in [0, 0.1) is 0 Å². The average Bonchev–Trinajstić information content (AvgIpc) is 2.62. The van der Waals surface area contributed by atoms with Gasteiger partial charge in [0.15, 0.2) is 0 Å². The van der Waals surface area contributed by atoms with Gasteiger partial charge in [0.25, 0.3) is 0 Å². The van der Waals surface area contributed by atoms with Crippen LogP contribution in [0.3, 0.4) is 0 Å². The first-order valence-corrected chi connectivity index (χ1v) is 8.65. The highest BCUT2D eigenvalue weighted by molar-refractivity contribution is 5.93. The number of anilines is 2. The average molecular weight is 367 g/mol. The summed E-state index contributed by atoms with van der Waals surface area (Å²) in [6, 6.07) is 14.8. The topological polar surface area (TPSA) is 70.7 Å². The Balaban J connectivity index is 1.80. The highest BCUT2D eigenvalue weighted by atomic mass is 16.5. The van der Waals surface area contributed by atoms with E-state index in [1.807, 2.05) is 36.2 Å². The number of likely N-dealkylation sites (N-methyl/N-ethyl adjacent to an activating group) is 1. The number of rotatable bonds is 9. The van der Waals surface area contributed by atoms with Crippen LogP contribution in [0.2, 0.25) is 0 Å². The smallest absolute Gasteiger partial charge is 0.238 e. The van der Waals surface area contributed by atoms with Crippen molar-refractivity contribution in [2.75, 3.05) is 30.8 Å². The van der Waals surface area contributed by atoms with Gasteiger partial charge in [-0.2, -0.15) is 0 Å². The van der Waals surface area contributed by atoms with Gasteiger partial charge in [-0.25, -0.2) is 0 Å². The van der Waals surface area contributed by atoms with Gasteiger partial charge in [-0.1, -0.05) is 24.8 Å². The Morgan fingerprint density at radius 3 is 2.19 bits per heavy atom. The van der Waals surface area contributed by atoms with Crippen molar-refractivity contribution >= 4 is 23.2 Å². The maximum absolute atomic E-state index is 12.2. The van der Waals surface area contributed by atoms with Crippen molar-refractivity contribution in [3.8, 4) is 5.75 Å². The Labute approximate surface area is 159 Å². The molecule has 0 aliphatic rings. The number of nitrogens with zero attached hydrogens (tertiary/aromatic N) is 1. The molecule has 0 aromatic heterocycles. The summed E-state index contributed by atoms with van der Waals surface area (Å²) in [6.45, 7) is 6.46. The van der Waals surface area contributed by atoms with Gasteiger partial charge >= 0.3 is 0 Å². The second-order valence-electron chi connectivity index (χ2n) is 6.22. The number of ether oxygens (including phenoxy) is 1. The minimum Gasteiger partial charge on any atom is -0.490 e. The van der Waals surface area contributed by atoms with Crippen LogP contribution in [0.1, 0.15) is 12.5 Å². The first-order chi connectivity index (χ1) is 13.0. The quantitative estimate of drug-likeness (QED) is 0.667. The Morgan fingerprint density at radius 2 is 1.63 bits per heavy atom. The summed E-state index contributed by atoms with van der Waals surface area (Å²) in [5.41, 5.74) is 2.47. The van der Waals surface area contributed by atoms with E-state index in [9.17, 15) is 9.59 Å². The molecule has 2 aromatic rings. The maximum Gasteiger partial charge on any atom is 0.238 e. The zero-order chi connectivity index (χ0) is 19.6. The van der Waals surface area contributed by atoms with Crippen LogP contribution in [0.4, 0.5) is 11.4 Å². The Kier molecular flexibility index (Phi) is 7.58. The second kappa shape index (κ2) is 10.1. The number of carbonyl (C=O) groups is 2. The van der Waals surface area contributed by atoms with Gasteiger partial charge < -0.3 is 15.4 Å². The molecule has 0 saturated heterocycles. The van der Waals surface area contributed by atoms with E-state index in [0.717, 1.165) is 11.3 Å². The van der Waals surface area contributed by atoms with E-state index >= 15 is 0 Å². The molecule has 2 rings (SSSR count). The molecule has 2 N–H and O–H groups in total. The largest absolute Gasteiger partial charge is 0.490 e. The monoisotopic (exact) mass is 367 g/mol. The van der Waals surface area contributed by atoms with Crippen molar-refractivity contribution in [2.24, 2.45) is 0 Å². The summed E-state index contributed by atoms with van der Waals surface area (Å²) < 4.78 is 5.46. The van der Waals surface area contributed by atoms with E-state index in [0.29, 0.717) is 24.5 Å². The van der Waals surface area contributed by atoms with Crippen molar-refractivity contribution in [3.63, 3.8) is 0 Å². The Bertz CT molecular complexity index is 770. The second-order valence-corrected chi connectivity index (χ2v) is 6.22. The molecule has 0 radical (unpaired) electrons. The summed E-state index contributed by atoms with van der Waals surface area (Å²) in [5.74, 6) is 0.561. The number of hydrogen-bond acceptors (Lipinski definition) is 4. The SMILES string of the molecule is C=CCOc1ccc(CN(C)CC(=O)Nc2ccc(NC(C)=O)cc2)cc1. The van der Waals surface area contributed by atoms with Crippen LogP contribution in [-0.4, -0.2) is 36.9 Å². The lowest BCUT2D eigenvalue weighted by atomic mass is 10.2. The fourth-order valence-corrected chi connectivity index (χ4v) is 2.50.